The minimum absolute atomic E-state index is 0.0136. The van der Waals surface area contributed by atoms with Crippen molar-refractivity contribution in [2.45, 2.75) is 45.0 Å². The topological polar surface area (TPSA) is 95.2 Å². The van der Waals surface area contributed by atoms with Gasteiger partial charge in [0.15, 0.2) is 0 Å². The van der Waals surface area contributed by atoms with Gasteiger partial charge in [-0.3, -0.25) is 14.4 Å². The van der Waals surface area contributed by atoms with Crippen LogP contribution in [0.1, 0.15) is 59.3 Å². The monoisotopic (exact) mass is 512 g/mol. The number of amides is 2. The Morgan fingerprint density at radius 2 is 1.89 bits per heavy atom. The number of benzene rings is 1. The third-order valence-corrected chi connectivity index (χ3v) is 7.13. The second-order valence-electron chi connectivity index (χ2n) is 9.68. The lowest BCUT2D eigenvalue weighted by Gasteiger charge is -2.30. The minimum Gasteiger partial charge on any atom is -0.342 e. The maximum absolute atomic E-state index is 14.5. The van der Waals surface area contributed by atoms with Crippen LogP contribution in [0.15, 0.2) is 34.6 Å². The summed E-state index contributed by atoms with van der Waals surface area (Å²) in [5.74, 6) is -4.84. The number of carbonyl (C=O) groups is 2. The van der Waals surface area contributed by atoms with Gasteiger partial charge in [-0.25, -0.2) is 13.2 Å². The molecule has 7 nitrogen and oxygen atoms in total. The van der Waals surface area contributed by atoms with Crippen molar-refractivity contribution in [1.82, 2.24) is 9.47 Å². The van der Waals surface area contributed by atoms with Crippen molar-refractivity contribution >= 4 is 23.6 Å². The van der Waals surface area contributed by atoms with Crippen LogP contribution in [-0.4, -0.2) is 40.3 Å². The largest absolute Gasteiger partial charge is 0.342 e. The van der Waals surface area contributed by atoms with Crippen LogP contribution in [0.2, 0.25) is 0 Å². The van der Waals surface area contributed by atoms with Gasteiger partial charge in [-0.15, -0.1) is 0 Å². The number of hydrogen-bond acceptors (Lipinski definition) is 4. The van der Waals surface area contributed by atoms with Gasteiger partial charge < -0.3 is 14.8 Å². The molecule has 1 saturated heterocycles. The zero-order chi connectivity index (χ0) is 26.9. The number of aromatic nitrogens is 1. The summed E-state index contributed by atoms with van der Waals surface area (Å²) in [7, 11) is 1.42. The lowest BCUT2D eigenvalue weighted by Crippen LogP contribution is -2.39. The van der Waals surface area contributed by atoms with Gasteiger partial charge in [-0.1, -0.05) is 11.6 Å². The number of nitrogens with zero attached hydrogens (tertiary/aromatic N) is 3. The summed E-state index contributed by atoms with van der Waals surface area (Å²) in [6.45, 7) is 2.55. The highest BCUT2D eigenvalue weighted by atomic mass is 19.3. The summed E-state index contributed by atoms with van der Waals surface area (Å²) >= 11 is 0. The number of likely N-dealkylation sites (tertiary alicyclic amines) is 1. The highest BCUT2D eigenvalue weighted by Crippen LogP contribution is 2.40. The highest BCUT2D eigenvalue weighted by molar-refractivity contribution is 6.05. The maximum atomic E-state index is 14.5. The molecule has 2 fully saturated rings. The van der Waals surface area contributed by atoms with E-state index in [2.05, 4.69) is 5.32 Å². The number of rotatable bonds is 4. The number of anilines is 1. The first-order valence-electron chi connectivity index (χ1n) is 12.1. The molecule has 2 heterocycles. The Bertz CT molecular complexity index is 1380. The fraction of sp³-hybridized carbons (Fsp3) is 0.407. The summed E-state index contributed by atoms with van der Waals surface area (Å²) in [6.07, 6.45) is 2.47. The lowest BCUT2D eigenvalue weighted by molar-refractivity contribution is -0.136. The number of carbonyl (C=O) groups excluding carboxylic acids is 2. The van der Waals surface area contributed by atoms with E-state index in [1.807, 2.05) is 12.1 Å². The Morgan fingerprint density at radius 1 is 1.19 bits per heavy atom. The van der Waals surface area contributed by atoms with E-state index in [1.165, 1.54) is 25.2 Å². The fourth-order valence-electron chi connectivity index (χ4n) is 4.84. The zero-order valence-electron chi connectivity index (χ0n) is 20.6. The zero-order valence-corrected chi connectivity index (χ0v) is 20.6. The quantitative estimate of drug-likeness (QED) is 0.657. The molecule has 0 radical (unpaired) electrons. The van der Waals surface area contributed by atoms with Gasteiger partial charge in [0.05, 0.1) is 0 Å². The fourth-order valence-corrected chi connectivity index (χ4v) is 4.84. The number of halogens is 3. The molecule has 1 saturated carbocycles. The van der Waals surface area contributed by atoms with E-state index in [9.17, 15) is 32.8 Å². The number of nitriles is 1. The van der Waals surface area contributed by atoms with Gasteiger partial charge in [-0.05, 0) is 55.5 Å². The molecular formula is C27H27F3N4O3. The Labute approximate surface area is 212 Å². The highest BCUT2D eigenvalue weighted by Gasteiger charge is 2.43. The summed E-state index contributed by atoms with van der Waals surface area (Å²) < 4.78 is 42.6. The standard InChI is InChI=1S/C27H27F3N4O3/c1-16-19(9-17-4-7-34(8-5-17)26(37)18-3-6-27(29,30)14-18)10-21(28)13-23(16)32-25(36)20-11-22(15-31)33(2)24(35)12-20/h9-13,18H,3-8,14H2,1-2H3,(H,32,36)/t18-/m1/s1. The molecule has 37 heavy (non-hydrogen) atoms. The lowest BCUT2D eigenvalue weighted by atomic mass is 9.96. The Kier molecular flexibility index (Phi) is 7.25. The number of nitrogens with one attached hydrogen (secondary N) is 1. The molecule has 1 aliphatic heterocycles. The van der Waals surface area contributed by atoms with E-state index in [4.69, 9.17) is 0 Å². The molecule has 10 heteroatoms. The van der Waals surface area contributed by atoms with Crippen LogP contribution in [0.3, 0.4) is 0 Å². The number of piperidine rings is 1. The van der Waals surface area contributed by atoms with Crippen molar-refractivity contribution in [3.63, 3.8) is 0 Å². The summed E-state index contributed by atoms with van der Waals surface area (Å²) in [5.41, 5.74) is 1.87. The second-order valence-corrected chi connectivity index (χ2v) is 9.68. The van der Waals surface area contributed by atoms with Gasteiger partial charge in [0.25, 0.3) is 11.5 Å². The predicted molar refractivity (Wildman–Crippen MR) is 132 cm³/mol. The molecule has 1 atom stereocenters. The van der Waals surface area contributed by atoms with Gasteiger partial charge in [0.1, 0.15) is 17.6 Å². The molecule has 0 spiro atoms. The minimum atomic E-state index is -2.77. The third kappa shape index (κ3) is 5.77. The van der Waals surface area contributed by atoms with Crippen molar-refractivity contribution in [2.75, 3.05) is 18.4 Å². The molecule has 1 aromatic heterocycles. The summed E-state index contributed by atoms with van der Waals surface area (Å²) in [4.78, 5) is 39.1. The Balaban J connectivity index is 1.47. The smallest absolute Gasteiger partial charge is 0.255 e. The van der Waals surface area contributed by atoms with E-state index in [0.717, 1.165) is 16.2 Å². The first-order chi connectivity index (χ1) is 17.5. The van der Waals surface area contributed by atoms with Crippen molar-refractivity contribution < 1.29 is 22.8 Å². The number of hydrogen-bond donors (Lipinski definition) is 1. The first kappa shape index (κ1) is 26.2. The second kappa shape index (κ2) is 10.2. The average molecular weight is 513 g/mol. The SMILES string of the molecule is Cc1c(C=C2CCN(C(=O)[C@@H]3CCC(F)(F)C3)CC2)cc(F)cc1NC(=O)c1cc(C#N)n(C)c(=O)c1. The van der Waals surface area contributed by atoms with Crippen LogP contribution in [0.4, 0.5) is 18.9 Å². The van der Waals surface area contributed by atoms with Crippen LogP contribution in [0.25, 0.3) is 6.08 Å². The van der Waals surface area contributed by atoms with Gasteiger partial charge in [-0.2, -0.15) is 5.26 Å². The van der Waals surface area contributed by atoms with Crippen LogP contribution in [0.5, 0.6) is 0 Å². The molecule has 2 aromatic rings. The average Bonchev–Trinajstić information content (AvgIpc) is 3.23. The van der Waals surface area contributed by atoms with Crippen LogP contribution < -0.4 is 10.9 Å². The number of alkyl halides is 2. The molecule has 1 aliphatic carbocycles. The molecule has 2 amide bonds. The summed E-state index contributed by atoms with van der Waals surface area (Å²) in [5, 5.41) is 11.8. The van der Waals surface area contributed by atoms with Crippen LogP contribution in [-0.2, 0) is 11.8 Å². The molecule has 0 unspecified atom stereocenters. The normalized spacial score (nSPS) is 18.9. The van der Waals surface area contributed by atoms with Crippen molar-refractivity contribution in [2.24, 2.45) is 13.0 Å². The predicted octanol–water partition coefficient (Wildman–Crippen LogP) is 4.40. The molecule has 2 aliphatic rings. The summed E-state index contributed by atoms with van der Waals surface area (Å²) in [6, 6.07) is 6.78. The van der Waals surface area contributed by atoms with E-state index >= 15 is 0 Å². The van der Waals surface area contributed by atoms with Crippen LogP contribution >= 0.6 is 0 Å². The molecule has 1 N–H and O–H groups in total. The number of pyridine rings is 1. The van der Waals surface area contributed by atoms with E-state index in [0.29, 0.717) is 37.1 Å². The van der Waals surface area contributed by atoms with Crippen molar-refractivity contribution in [3.8, 4) is 6.07 Å². The molecular weight excluding hydrogens is 485 g/mol. The molecule has 194 valence electrons. The van der Waals surface area contributed by atoms with Crippen molar-refractivity contribution in [1.29, 1.82) is 5.26 Å². The molecule has 1 aromatic carbocycles. The van der Waals surface area contributed by atoms with Gasteiger partial charge >= 0.3 is 0 Å². The van der Waals surface area contributed by atoms with Crippen LogP contribution in [0, 0.1) is 30.0 Å². The molecule has 4 rings (SSSR count). The van der Waals surface area contributed by atoms with Crippen molar-refractivity contribution in [3.05, 3.63) is 68.4 Å². The van der Waals surface area contributed by atoms with Gasteiger partial charge in [0.2, 0.25) is 11.8 Å². The Morgan fingerprint density at radius 3 is 2.51 bits per heavy atom. The molecule has 0 bridgehead atoms. The third-order valence-electron chi connectivity index (χ3n) is 7.13. The maximum Gasteiger partial charge on any atom is 0.255 e. The van der Waals surface area contributed by atoms with E-state index in [-0.39, 0.29) is 35.7 Å². The van der Waals surface area contributed by atoms with E-state index < -0.39 is 35.5 Å². The first-order valence-corrected chi connectivity index (χ1v) is 12.1. The Hall–Kier alpha value is -3.87. The van der Waals surface area contributed by atoms with E-state index in [1.54, 1.807) is 11.8 Å². The van der Waals surface area contributed by atoms with Gasteiger partial charge in [0, 0.05) is 56.2 Å².